The molecule has 0 aromatic carbocycles. The Morgan fingerprint density at radius 2 is 2.15 bits per heavy atom. The lowest BCUT2D eigenvalue weighted by molar-refractivity contribution is -0.129. The Balaban J connectivity index is 1.80. The molecule has 5 heteroatoms. The Hall–Kier alpha value is -1.26. The summed E-state index contributed by atoms with van der Waals surface area (Å²) in [5.74, 6) is 2.77. The smallest absolute Gasteiger partial charge is 0.222 e. The molecule has 1 amide bonds. The van der Waals surface area contributed by atoms with Crippen LogP contribution in [0.2, 0.25) is 0 Å². The number of aliphatic imine (C=N–C) groups is 1. The minimum absolute atomic E-state index is 0.253. The number of carbonyl (C=O) groups excluding carboxylic acids is 1. The fourth-order valence-electron chi connectivity index (χ4n) is 2.70. The topological polar surface area (TPSA) is 56.7 Å². The molecule has 1 heterocycles. The summed E-state index contributed by atoms with van der Waals surface area (Å²) < 4.78 is 0. The van der Waals surface area contributed by atoms with Gasteiger partial charge in [0.2, 0.25) is 5.91 Å². The van der Waals surface area contributed by atoms with E-state index in [2.05, 4.69) is 29.5 Å². The van der Waals surface area contributed by atoms with E-state index in [4.69, 9.17) is 0 Å². The van der Waals surface area contributed by atoms with Crippen LogP contribution in [0.5, 0.6) is 0 Å². The van der Waals surface area contributed by atoms with Crippen LogP contribution in [0.1, 0.15) is 40.0 Å². The summed E-state index contributed by atoms with van der Waals surface area (Å²) in [5, 5.41) is 6.77. The number of nitrogens with one attached hydrogen (secondary N) is 2. The van der Waals surface area contributed by atoms with Crippen LogP contribution < -0.4 is 10.6 Å². The third-order valence-electron chi connectivity index (χ3n) is 4.29. The van der Waals surface area contributed by atoms with Gasteiger partial charge in [-0.15, -0.1) is 0 Å². The second kappa shape index (κ2) is 6.95. The van der Waals surface area contributed by atoms with Gasteiger partial charge >= 0.3 is 0 Å². The third-order valence-corrected chi connectivity index (χ3v) is 4.29. The first-order valence-corrected chi connectivity index (χ1v) is 7.96. The standard InChI is InChI=1S/C15H28N4O/c1-4-14(20)19-7-6-13(10-19)18-15(16-5-2)17-9-12-8-11(12)3/h11-13H,4-10H2,1-3H3,(H2,16,17,18). The van der Waals surface area contributed by atoms with Crippen molar-refractivity contribution in [2.75, 3.05) is 26.2 Å². The molecule has 0 aromatic rings. The first-order chi connectivity index (χ1) is 9.63. The molecule has 0 bridgehead atoms. The molecule has 2 aliphatic rings. The lowest BCUT2D eigenvalue weighted by Crippen LogP contribution is -2.45. The van der Waals surface area contributed by atoms with Gasteiger partial charge in [-0.25, -0.2) is 0 Å². The third kappa shape index (κ3) is 4.12. The molecule has 2 fully saturated rings. The molecule has 0 radical (unpaired) electrons. The van der Waals surface area contributed by atoms with Gasteiger partial charge in [-0.2, -0.15) is 0 Å². The molecule has 3 atom stereocenters. The molecule has 3 unspecified atom stereocenters. The summed E-state index contributed by atoms with van der Waals surface area (Å²) >= 11 is 0. The number of hydrogen-bond acceptors (Lipinski definition) is 2. The van der Waals surface area contributed by atoms with Crippen molar-refractivity contribution in [3.63, 3.8) is 0 Å². The zero-order valence-corrected chi connectivity index (χ0v) is 13.0. The van der Waals surface area contributed by atoms with Gasteiger partial charge in [0.15, 0.2) is 5.96 Å². The maximum absolute atomic E-state index is 11.7. The van der Waals surface area contributed by atoms with Crippen molar-refractivity contribution in [2.24, 2.45) is 16.8 Å². The average molecular weight is 280 g/mol. The van der Waals surface area contributed by atoms with E-state index in [0.717, 1.165) is 50.4 Å². The zero-order chi connectivity index (χ0) is 14.5. The molecule has 1 saturated carbocycles. The molecule has 5 nitrogen and oxygen atoms in total. The van der Waals surface area contributed by atoms with Crippen LogP contribution in [0.25, 0.3) is 0 Å². The monoisotopic (exact) mass is 280 g/mol. The second-order valence-corrected chi connectivity index (χ2v) is 6.02. The molecule has 1 saturated heterocycles. The van der Waals surface area contributed by atoms with Gasteiger partial charge in [0.1, 0.15) is 0 Å². The van der Waals surface area contributed by atoms with Gasteiger partial charge < -0.3 is 15.5 Å². The van der Waals surface area contributed by atoms with Crippen LogP contribution >= 0.6 is 0 Å². The maximum atomic E-state index is 11.7. The average Bonchev–Trinajstić information content (AvgIpc) is 2.95. The molecular formula is C15H28N4O. The fraction of sp³-hybridized carbons (Fsp3) is 0.867. The Bertz CT molecular complexity index is 369. The first kappa shape index (κ1) is 15.1. The fourth-order valence-corrected chi connectivity index (χ4v) is 2.70. The van der Waals surface area contributed by atoms with Crippen molar-refractivity contribution in [1.82, 2.24) is 15.5 Å². The highest BCUT2D eigenvalue weighted by atomic mass is 16.2. The Morgan fingerprint density at radius 1 is 1.40 bits per heavy atom. The van der Waals surface area contributed by atoms with Gasteiger partial charge in [-0.3, -0.25) is 9.79 Å². The van der Waals surface area contributed by atoms with E-state index in [1.54, 1.807) is 0 Å². The van der Waals surface area contributed by atoms with Crippen LogP contribution in [0.15, 0.2) is 4.99 Å². The van der Waals surface area contributed by atoms with E-state index >= 15 is 0 Å². The van der Waals surface area contributed by atoms with Gasteiger partial charge in [0, 0.05) is 38.6 Å². The molecule has 2 rings (SSSR count). The largest absolute Gasteiger partial charge is 0.357 e. The predicted octanol–water partition coefficient (Wildman–Crippen LogP) is 1.21. The number of hydrogen-bond donors (Lipinski definition) is 2. The van der Waals surface area contributed by atoms with E-state index in [-0.39, 0.29) is 5.91 Å². The van der Waals surface area contributed by atoms with Crippen molar-refractivity contribution in [3.05, 3.63) is 0 Å². The highest BCUT2D eigenvalue weighted by Gasteiger charge is 2.32. The Kier molecular flexibility index (Phi) is 5.26. The number of amides is 1. The molecule has 1 aliphatic carbocycles. The SMILES string of the molecule is CCNC(=NCC1CC1C)NC1CCN(C(=O)CC)C1. The van der Waals surface area contributed by atoms with E-state index in [1.807, 2.05) is 11.8 Å². The number of likely N-dealkylation sites (tertiary alicyclic amines) is 1. The summed E-state index contributed by atoms with van der Waals surface area (Å²) in [6.45, 7) is 9.74. The van der Waals surface area contributed by atoms with Crippen molar-refractivity contribution in [1.29, 1.82) is 0 Å². The minimum Gasteiger partial charge on any atom is -0.357 e. The maximum Gasteiger partial charge on any atom is 0.222 e. The molecule has 0 spiro atoms. The summed E-state index contributed by atoms with van der Waals surface area (Å²) in [7, 11) is 0. The van der Waals surface area contributed by atoms with E-state index in [0.29, 0.717) is 12.5 Å². The van der Waals surface area contributed by atoms with Crippen LogP contribution in [0, 0.1) is 11.8 Å². The molecule has 1 aliphatic heterocycles. The molecular weight excluding hydrogens is 252 g/mol. The Morgan fingerprint density at radius 3 is 2.75 bits per heavy atom. The minimum atomic E-state index is 0.253. The summed E-state index contributed by atoms with van der Waals surface area (Å²) in [6, 6.07) is 0.333. The predicted molar refractivity (Wildman–Crippen MR) is 81.7 cm³/mol. The summed E-state index contributed by atoms with van der Waals surface area (Å²) in [4.78, 5) is 18.3. The molecule has 2 N–H and O–H groups in total. The van der Waals surface area contributed by atoms with E-state index < -0.39 is 0 Å². The van der Waals surface area contributed by atoms with Crippen molar-refractivity contribution in [2.45, 2.75) is 46.1 Å². The number of guanidine groups is 1. The Labute approximate surface area is 122 Å². The summed E-state index contributed by atoms with van der Waals surface area (Å²) in [6.07, 6.45) is 2.92. The molecule has 0 aromatic heterocycles. The first-order valence-electron chi connectivity index (χ1n) is 7.96. The lowest BCUT2D eigenvalue weighted by atomic mass is 10.3. The highest BCUT2D eigenvalue weighted by Crippen LogP contribution is 2.37. The molecule has 114 valence electrons. The van der Waals surface area contributed by atoms with Crippen LogP contribution in [0.3, 0.4) is 0 Å². The molecule has 20 heavy (non-hydrogen) atoms. The number of carbonyl (C=O) groups is 1. The zero-order valence-electron chi connectivity index (χ0n) is 13.0. The van der Waals surface area contributed by atoms with E-state index in [1.165, 1.54) is 6.42 Å². The van der Waals surface area contributed by atoms with Crippen molar-refractivity contribution in [3.8, 4) is 0 Å². The van der Waals surface area contributed by atoms with Gasteiger partial charge in [0.05, 0.1) is 0 Å². The van der Waals surface area contributed by atoms with E-state index in [9.17, 15) is 4.79 Å². The quantitative estimate of drug-likeness (QED) is 0.588. The van der Waals surface area contributed by atoms with Crippen LogP contribution in [-0.2, 0) is 4.79 Å². The number of nitrogens with zero attached hydrogens (tertiary/aromatic N) is 2. The lowest BCUT2D eigenvalue weighted by Gasteiger charge is -2.18. The summed E-state index contributed by atoms with van der Waals surface area (Å²) in [5.41, 5.74) is 0. The van der Waals surface area contributed by atoms with Gasteiger partial charge in [0.25, 0.3) is 0 Å². The van der Waals surface area contributed by atoms with Crippen LogP contribution in [-0.4, -0.2) is 49.0 Å². The normalized spacial score (nSPS) is 29.4. The van der Waals surface area contributed by atoms with Crippen molar-refractivity contribution >= 4 is 11.9 Å². The van der Waals surface area contributed by atoms with Crippen molar-refractivity contribution < 1.29 is 4.79 Å². The van der Waals surface area contributed by atoms with Crippen LogP contribution in [0.4, 0.5) is 0 Å². The number of rotatable bonds is 5. The van der Waals surface area contributed by atoms with Gasteiger partial charge in [-0.1, -0.05) is 13.8 Å². The highest BCUT2D eigenvalue weighted by molar-refractivity contribution is 5.80. The van der Waals surface area contributed by atoms with Gasteiger partial charge in [-0.05, 0) is 31.6 Å². The second-order valence-electron chi connectivity index (χ2n) is 6.02.